The molecule has 0 aromatic heterocycles. The summed E-state index contributed by atoms with van der Waals surface area (Å²) >= 11 is 5.89. The van der Waals surface area contributed by atoms with Crippen LogP contribution in [0.25, 0.3) is 0 Å². The Morgan fingerprint density at radius 3 is 2.30 bits per heavy atom. The monoisotopic (exact) mass is 332 g/mol. The molecule has 0 N–H and O–H groups in total. The van der Waals surface area contributed by atoms with Crippen molar-refractivity contribution in [1.29, 1.82) is 0 Å². The first-order chi connectivity index (χ1) is 11.1. The number of carbonyl (C=O) groups is 1. The topological polar surface area (TPSA) is 23.6 Å². The van der Waals surface area contributed by atoms with E-state index in [2.05, 4.69) is 4.90 Å². The minimum atomic E-state index is -0.457. The van der Waals surface area contributed by atoms with Crippen LogP contribution in [-0.2, 0) is 6.54 Å². The summed E-state index contributed by atoms with van der Waals surface area (Å²) in [5.41, 5.74) is 1.35. The van der Waals surface area contributed by atoms with Crippen LogP contribution in [-0.4, -0.2) is 41.9 Å². The Balaban J connectivity index is 1.57. The van der Waals surface area contributed by atoms with Crippen LogP contribution in [0.4, 0.5) is 4.39 Å². The van der Waals surface area contributed by atoms with Crippen LogP contribution in [0.1, 0.15) is 15.9 Å². The molecule has 2 aromatic rings. The van der Waals surface area contributed by atoms with Crippen molar-refractivity contribution in [2.45, 2.75) is 6.54 Å². The molecule has 0 aliphatic carbocycles. The Kier molecular flexibility index (Phi) is 4.94. The Morgan fingerprint density at radius 1 is 1.00 bits per heavy atom. The molecule has 1 heterocycles. The maximum atomic E-state index is 13.7. The van der Waals surface area contributed by atoms with Crippen molar-refractivity contribution in [2.24, 2.45) is 0 Å². The minimum Gasteiger partial charge on any atom is -0.336 e. The summed E-state index contributed by atoms with van der Waals surface area (Å²) < 4.78 is 13.7. The first-order valence-corrected chi connectivity index (χ1v) is 8.02. The van der Waals surface area contributed by atoms with Gasteiger partial charge in [-0.25, -0.2) is 4.39 Å². The summed E-state index contributed by atoms with van der Waals surface area (Å²) in [6, 6.07) is 13.9. The van der Waals surface area contributed by atoms with Crippen molar-refractivity contribution in [3.05, 3.63) is 70.5 Å². The highest BCUT2D eigenvalue weighted by molar-refractivity contribution is 6.30. The van der Waals surface area contributed by atoms with Crippen molar-refractivity contribution in [1.82, 2.24) is 9.80 Å². The zero-order valence-electron chi connectivity index (χ0n) is 12.7. The smallest absolute Gasteiger partial charge is 0.256 e. The second-order valence-corrected chi connectivity index (χ2v) is 6.11. The van der Waals surface area contributed by atoms with Gasteiger partial charge in [0.1, 0.15) is 5.82 Å². The molecule has 1 amide bonds. The molecule has 3 rings (SSSR count). The lowest BCUT2D eigenvalue weighted by Crippen LogP contribution is -2.48. The predicted octanol–water partition coefficient (Wildman–Crippen LogP) is 3.44. The molecule has 0 spiro atoms. The Hall–Kier alpha value is -1.91. The zero-order chi connectivity index (χ0) is 16.2. The Morgan fingerprint density at radius 2 is 1.65 bits per heavy atom. The molecular formula is C18H18ClFN2O. The third-order valence-corrected chi connectivity index (χ3v) is 4.34. The van der Waals surface area contributed by atoms with E-state index in [1.165, 1.54) is 17.7 Å². The summed E-state index contributed by atoms with van der Waals surface area (Å²) in [5, 5.41) is 0.731. The van der Waals surface area contributed by atoms with Crippen LogP contribution < -0.4 is 0 Å². The van der Waals surface area contributed by atoms with Gasteiger partial charge in [0.2, 0.25) is 0 Å². The number of rotatable bonds is 3. The van der Waals surface area contributed by atoms with Gasteiger partial charge in [-0.3, -0.25) is 9.69 Å². The van der Waals surface area contributed by atoms with Crippen molar-refractivity contribution >= 4 is 17.5 Å². The lowest BCUT2D eigenvalue weighted by Gasteiger charge is -2.34. The summed E-state index contributed by atoms with van der Waals surface area (Å²) in [6.07, 6.45) is 0. The second-order valence-electron chi connectivity index (χ2n) is 5.67. The third-order valence-electron chi connectivity index (χ3n) is 4.08. The normalized spacial score (nSPS) is 15.7. The van der Waals surface area contributed by atoms with Crippen LogP contribution in [0, 0.1) is 5.82 Å². The molecule has 1 aliphatic heterocycles. The van der Waals surface area contributed by atoms with Crippen molar-refractivity contribution in [3.63, 3.8) is 0 Å². The number of amides is 1. The van der Waals surface area contributed by atoms with E-state index in [0.717, 1.165) is 24.7 Å². The van der Waals surface area contributed by atoms with Gasteiger partial charge in [-0.15, -0.1) is 0 Å². The van der Waals surface area contributed by atoms with Crippen LogP contribution in [0.2, 0.25) is 5.02 Å². The van der Waals surface area contributed by atoms with E-state index in [-0.39, 0.29) is 11.5 Å². The van der Waals surface area contributed by atoms with Crippen LogP contribution in [0.3, 0.4) is 0 Å². The number of carbonyl (C=O) groups excluding carboxylic acids is 1. The van der Waals surface area contributed by atoms with Gasteiger partial charge in [-0.05, 0) is 29.8 Å². The fourth-order valence-corrected chi connectivity index (χ4v) is 2.89. The second kappa shape index (κ2) is 7.11. The Bertz CT molecular complexity index is 682. The molecule has 2 aromatic carbocycles. The van der Waals surface area contributed by atoms with Gasteiger partial charge in [0.15, 0.2) is 0 Å². The van der Waals surface area contributed by atoms with E-state index >= 15 is 0 Å². The van der Waals surface area contributed by atoms with Gasteiger partial charge >= 0.3 is 0 Å². The fraction of sp³-hybridized carbons (Fsp3) is 0.278. The average Bonchev–Trinajstić information content (AvgIpc) is 2.57. The maximum absolute atomic E-state index is 13.7. The van der Waals surface area contributed by atoms with E-state index < -0.39 is 5.82 Å². The van der Waals surface area contributed by atoms with Gasteiger partial charge < -0.3 is 4.90 Å². The SMILES string of the molecule is O=C(c1ccccc1F)N1CCN(Cc2ccc(Cl)cc2)CC1. The van der Waals surface area contributed by atoms with Crippen LogP contribution in [0.15, 0.2) is 48.5 Å². The van der Waals surface area contributed by atoms with Gasteiger partial charge in [0, 0.05) is 37.7 Å². The lowest BCUT2D eigenvalue weighted by atomic mass is 10.1. The van der Waals surface area contributed by atoms with E-state index in [1.54, 1.807) is 17.0 Å². The number of benzene rings is 2. The zero-order valence-corrected chi connectivity index (χ0v) is 13.5. The van der Waals surface area contributed by atoms with E-state index in [9.17, 15) is 9.18 Å². The molecule has 5 heteroatoms. The number of hydrogen-bond acceptors (Lipinski definition) is 2. The van der Waals surface area contributed by atoms with Gasteiger partial charge in [0.25, 0.3) is 5.91 Å². The highest BCUT2D eigenvalue weighted by Crippen LogP contribution is 2.15. The molecule has 1 saturated heterocycles. The largest absolute Gasteiger partial charge is 0.336 e. The quantitative estimate of drug-likeness (QED) is 0.859. The first kappa shape index (κ1) is 16.0. The predicted molar refractivity (Wildman–Crippen MR) is 89.0 cm³/mol. The molecule has 3 nitrogen and oxygen atoms in total. The molecule has 23 heavy (non-hydrogen) atoms. The highest BCUT2D eigenvalue weighted by atomic mass is 35.5. The number of piperazine rings is 1. The minimum absolute atomic E-state index is 0.152. The van der Waals surface area contributed by atoms with Gasteiger partial charge in [0.05, 0.1) is 5.56 Å². The lowest BCUT2D eigenvalue weighted by molar-refractivity contribution is 0.0624. The van der Waals surface area contributed by atoms with Crippen molar-refractivity contribution < 1.29 is 9.18 Å². The van der Waals surface area contributed by atoms with Gasteiger partial charge in [-0.2, -0.15) is 0 Å². The molecule has 0 atom stereocenters. The fourth-order valence-electron chi connectivity index (χ4n) is 2.76. The van der Waals surface area contributed by atoms with Gasteiger partial charge in [-0.1, -0.05) is 35.9 Å². The summed E-state index contributed by atoms with van der Waals surface area (Å²) in [4.78, 5) is 16.4. The molecular weight excluding hydrogens is 315 g/mol. The number of halogens is 2. The van der Waals surface area contributed by atoms with E-state index in [0.29, 0.717) is 13.1 Å². The molecule has 1 fully saturated rings. The molecule has 0 unspecified atom stereocenters. The van der Waals surface area contributed by atoms with Crippen LogP contribution >= 0.6 is 11.6 Å². The highest BCUT2D eigenvalue weighted by Gasteiger charge is 2.23. The van der Waals surface area contributed by atoms with E-state index in [1.807, 2.05) is 24.3 Å². The summed E-state index contributed by atoms with van der Waals surface area (Å²) in [7, 11) is 0. The number of hydrogen-bond donors (Lipinski definition) is 0. The molecule has 0 bridgehead atoms. The standard InChI is InChI=1S/C18H18ClFN2O/c19-15-7-5-14(6-8-15)13-21-9-11-22(12-10-21)18(23)16-3-1-2-4-17(16)20/h1-8H,9-13H2. The molecule has 0 radical (unpaired) electrons. The summed E-state index contributed by atoms with van der Waals surface area (Å²) in [5.74, 6) is -0.685. The van der Waals surface area contributed by atoms with Crippen molar-refractivity contribution in [3.8, 4) is 0 Å². The Labute approximate surface area is 140 Å². The average molecular weight is 333 g/mol. The molecule has 120 valence electrons. The summed E-state index contributed by atoms with van der Waals surface area (Å²) in [6.45, 7) is 3.62. The first-order valence-electron chi connectivity index (χ1n) is 7.64. The van der Waals surface area contributed by atoms with Crippen LogP contribution in [0.5, 0.6) is 0 Å². The molecule has 0 saturated carbocycles. The third kappa shape index (κ3) is 3.89. The molecule has 1 aliphatic rings. The van der Waals surface area contributed by atoms with Crippen molar-refractivity contribution in [2.75, 3.05) is 26.2 Å². The van der Waals surface area contributed by atoms with E-state index in [4.69, 9.17) is 11.6 Å². The maximum Gasteiger partial charge on any atom is 0.256 e. The number of nitrogens with zero attached hydrogens (tertiary/aromatic N) is 2.